The first kappa shape index (κ1) is 12.3. The van der Waals surface area contributed by atoms with Crippen LogP contribution in [0, 0.1) is 6.92 Å². The summed E-state index contributed by atoms with van der Waals surface area (Å²) in [5.41, 5.74) is 2.29. The number of hydrogen-bond acceptors (Lipinski definition) is 5. The molecule has 0 aliphatic heterocycles. The molecule has 2 rings (SSSR count). The second-order valence-corrected chi connectivity index (χ2v) is 4.88. The summed E-state index contributed by atoms with van der Waals surface area (Å²) in [5.74, 6) is 0.950. The Kier molecular flexibility index (Phi) is 4.28. The number of aryl methyl sites for hydroxylation is 1. The highest BCUT2D eigenvalue weighted by Crippen LogP contribution is 2.28. The van der Waals surface area contributed by atoms with Gasteiger partial charge in [-0.05, 0) is 30.8 Å². The fraction of sp³-hybridized carbons (Fsp3) is 0.500. The van der Waals surface area contributed by atoms with Crippen LogP contribution in [0.2, 0.25) is 0 Å². The van der Waals surface area contributed by atoms with Gasteiger partial charge in [-0.25, -0.2) is 9.97 Å². The minimum atomic E-state index is 0.892. The molecule has 17 heavy (non-hydrogen) atoms. The average Bonchev–Trinajstić information content (AvgIpc) is 2.72. The number of hydrogen-bond donors (Lipinski definition) is 2. The molecule has 0 spiro atoms. The maximum atomic E-state index is 4.30. The SMILES string of the molecule is CCCNCCNc1ncnc2c(C)csc12. The second kappa shape index (κ2) is 5.93. The van der Waals surface area contributed by atoms with Crippen molar-refractivity contribution in [3.05, 3.63) is 17.3 Å². The first-order valence-corrected chi connectivity index (χ1v) is 6.84. The van der Waals surface area contributed by atoms with E-state index < -0.39 is 0 Å². The van der Waals surface area contributed by atoms with Crippen LogP contribution >= 0.6 is 11.3 Å². The largest absolute Gasteiger partial charge is 0.368 e. The molecule has 0 fully saturated rings. The number of anilines is 1. The first-order chi connectivity index (χ1) is 8.33. The second-order valence-electron chi connectivity index (χ2n) is 4.00. The van der Waals surface area contributed by atoms with E-state index in [-0.39, 0.29) is 0 Å². The van der Waals surface area contributed by atoms with E-state index in [4.69, 9.17) is 0 Å². The zero-order valence-electron chi connectivity index (χ0n) is 10.3. The van der Waals surface area contributed by atoms with Crippen molar-refractivity contribution in [1.82, 2.24) is 15.3 Å². The molecule has 0 bridgehead atoms. The lowest BCUT2D eigenvalue weighted by Gasteiger charge is -2.06. The van der Waals surface area contributed by atoms with Crippen molar-refractivity contribution in [3.8, 4) is 0 Å². The van der Waals surface area contributed by atoms with Crippen LogP contribution in [0.25, 0.3) is 10.2 Å². The van der Waals surface area contributed by atoms with Gasteiger partial charge in [0.2, 0.25) is 0 Å². The van der Waals surface area contributed by atoms with E-state index in [9.17, 15) is 0 Å². The topological polar surface area (TPSA) is 49.8 Å². The highest BCUT2D eigenvalue weighted by Gasteiger charge is 2.06. The third-order valence-corrected chi connectivity index (χ3v) is 3.65. The summed E-state index contributed by atoms with van der Waals surface area (Å²) in [6, 6.07) is 0. The van der Waals surface area contributed by atoms with E-state index in [1.54, 1.807) is 17.7 Å². The van der Waals surface area contributed by atoms with Crippen LogP contribution in [0.5, 0.6) is 0 Å². The Morgan fingerprint density at radius 3 is 2.94 bits per heavy atom. The van der Waals surface area contributed by atoms with Gasteiger partial charge >= 0.3 is 0 Å². The Hall–Kier alpha value is -1.20. The van der Waals surface area contributed by atoms with Crippen molar-refractivity contribution >= 4 is 27.4 Å². The molecule has 0 atom stereocenters. The van der Waals surface area contributed by atoms with Gasteiger partial charge in [0.25, 0.3) is 0 Å². The van der Waals surface area contributed by atoms with E-state index >= 15 is 0 Å². The quantitative estimate of drug-likeness (QED) is 0.773. The van der Waals surface area contributed by atoms with Crippen LogP contribution in [0.4, 0.5) is 5.82 Å². The molecule has 0 amide bonds. The fourth-order valence-corrected chi connectivity index (χ4v) is 2.63. The minimum absolute atomic E-state index is 0.892. The highest BCUT2D eigenvalue weighted by molar-refractivity contribution is 7.18. The zero-order valence-corrected chi connectivity index (χ0v) is 11.1. The number of rotatable bonds is 6. The molecule has 0 aliphatic rings. The van der Waals surface area contributed by atoms with Gasteiger partial charge in [0.15, 0.2) is 0 Å². The number of aromatic nitrogens is 2. The number of thiophene rings is 1. The molecule has 0 saturated heterocycles. The van der Waals surface area contributed by atoms with Crippen molar-refractivity contribution in [2.24, 2.45) is 0 Å². The normalized spacial score (nSPS) is 10.9. The lowest BCUT2D eigenvalue weighted by Crippen LogP contribution is -2.23. The molecular weight excluding hydrogens is 232 g/mol. The predicted octanol–water partition coefficient (Wildman–Crippen LogP) is 2.41. The Labute approximate surface area is 105 Å². The van der Waals surface area contributed by atoms with Crippen molar-refractivity contribution in [2.45, 2.75) is 20.3 Å². The van der Waals surface area contributed by atoms with E-state index in [1.807, 2.05) is 0 Å². The van der Waals surface area contributed by atoms with Crippen molar-refractivity contribution in [2.75, 3.05) is 25.0 Å². The molecule has 0 unspecified atom stereocenters. The maximum Gasteiger partial charge on any atom is 0.147 e. The molecule has 2 aromatic heterocycles. The van der Waals surface area contributed by atoms with Crippen LogP contribution in [-0.4, -0.2) is 29.6 Å². The molecule has 0 aliphatic carbocycles. The summed E-state index contributed by atoms with van der Waals surface area (Å²) in [5, 5.41) is 8.84. The summed E-state index contributed by atoms with van der Waals surface area (Å²) >= 11 is 1.70. The summed E-state index contributed by atoms with van der Waals surface area (Å²) in [6.45, 7) is 7.17. The van der Waals surface area contributed by atoms with E-state index in [0.717, 1.165) is 35.7 Å². The van der Waals surface area contributed by atoms with Crippen molar-refractivity contribution < 1.29 is 0 Å². The Morgan fingerprint density at radius 1 is 1.24 bits per heavy atom. The monoisotopic (exact) mass is 250 g/mol. The van der Waals surface area contributed by atoms with Gasteiger partial charge in [0.1, 0.15) is 12.1 Å². The van der Waals surface area contributed by atoms with Crippen LogP contribution in [0.1, 0.15) is 18.9 Å². The van der Waals surface area contributed by atoms with Crippen LogP contribution in [-0.2, 0) is 0 Å². The molecule has 92 valence electrons. The van der Waals surface area contributed by atoms with Gasteiger partial charge in [-0.15, -0.1) is 11.3 Å². The summed E-state index contributed by atoms with van der Waals surface area (Å²) < 4.78 is 1.15. The van der Waals surface area contributed by atoms with Crippen molar-refractivity contribution in [3.63, 3.8) is 0 Å². The Balaban J connectivity index is 1.99. The van der Waals surface area contributed by atoms with Gasteiger partial charge in [-0.1, -0.05) is 6.92 Å². The highest BCUT2D eigenvalue weighted by atomic mass is 32.1. The molecule has 5 heteroatoms. The summed E-state index contributed by atoms with van der Waals surface area (Å²) in [6.07, 6.45) is 2.80. The Morgan fingerprint density at radius 2 is 2.12 bits per heavy atom. The van der Waals surface area contributed by atoms with Crippen LogP contribution in [0.3, 0.4) is 0 Å². The standard InChI is InChI=1S/C12H18N4S/c1-3-4-13-5-6-14-12-11-10(15-8-16-12)9(2)7-17-11/h7-8,13H,3-6H2,1-2H3,(H,14,15,16). The van der Waals surface area contributed by atoms with Gasteiger partial charge in [0, 0.05) is 13.1 Å². The third-order valence-electron chi connectivity index (χ3n) is 2.55. The fourth-order valence-electron chi connectivity index (χ4n) is 1.67. The van der Waals surface area contributed by atoms with Gasteiger partial charge in [0.05, 0.1) is 10.2 Å². The maximum absolute atomic E-state index is 4.30. The van der Waals surface area contributed by atoms with E-state index in [0.29, 0.717) is 0 Å². The molecular formula is C12H18N4S. The number of fused-ring (bicyclic) bond motifs is 1. The average molecular weight is 250 g/mol. The Bertz CT molecular complexity index is 480. The van der Waals surface area contributed by atoms with Crippen molar-refractivity contribution in [1.29, 1.82) is 0 Å². The van der Waals surface area contributed by atoms with Gasteiger partial charge in [-0.2, -0.15) is 0 Å². The number of nitrogens with one attached hydrogen (secondary N) is 2. The zero-order chi connectivity index (χ0) is 12.1. The number of nitrogens with zero attached hydrogens (tertiary/aromatic N) is 2. The lowest BCUT2D eigenvalue weighted by atomic mass is 10.3. The minimum Gasteiger partial charge on any atom is -0.368 e. The summed E-state index contributed by atoms with van der Waals surface area (Å²) in [7, 11) is 0. The van der Waals surface area contributed by atoms with Gasteiger partial charge < -0.3 is 10.6 Å². The molecule has 2 N–H and O–H groups in total. The molecule has 2 aromatic rings. The van der Waals surface area contributed by atoms with E-state index in [1.165, 1.54) is 12.0 Å². The van der Waals surface area contributed by atoms with E-state index in [2.05, 4.69) is 39.8 Å². The van der Waals surface area contributed by atoms with Gasteiger partial charge in [-0.3, -0.25) is 0 Å². The molecule has 2 heterocycles. The molecule has 0 radical (unpaired) electrons. The molecule has 0 saturated carbocycles. The molecule has 0 aromatic carbocycles. The van der Waals surface area contributed by atoms with Crippen LogP contribution < -0.4 is 10.6 Å². The summed E-state index contributed by atoms with van der Waals surface area (Å²) in [4.78, 5) is 8.60. The third kappa shape index (κ3) is 2.92. The predicted molar refractivity (Wildman–Crippen MR) is 73.8 cm³/mol. The first-order valence-electron chi connectivity index (χ1n) is 5.96. The smallest absolute Gasteiger partial charge is 0.147 e. The van der Waals surface area contributed by atoms with Crippen LogP contribution in [0.15, 0.2) is 11.7 Å². The molecule has 4 nitrogen and oxygen atoms in total. The lowest BCUT2D eigenvalue weighted by molar-refractivity contribution is 0.687.